The van der Waals surface area contributed by atoms with Gasteiger partial charge in [-0.1, -0.05) is 27.2 Å². The molecule has 0 aromatic rings. The van der Waals surface area contributed by atoms with Crippen molar-refractivity contribution in [3.63, 3.8) is 0 Å². The van der Waals surface area contributed by atoms with Gasteiger partial charge in [-0.25, -0.2) is 9.59 Å². The van der Waals surface area contributed by atoms with Gasteiger partial charge in [-0.15, -0.1) is 0 Å². The highest BCUT2D eigenvalue weighted by Crippen LogP contribution is 2.25. The Morgan fingerprint density at radius 3 is 2.28 bits per heavy atom. The summed E-state index contributed by atoms with van der Waals surface area (Å²) in [5, 5.41) is 14.8. The van der Waals surface area contributed by atoms with Crippen molar-refractivity contribution in [1.82, 2.24) is 10.6 Å². The summed E-state index contributed by atoms with van der Waals surface area (Å²) in [5.74, 6) is -0.500. The van der Waals surface area contributed by atoms with Crippen LogP contribution in [0, 0.1) is 5.92 Å². The minimum absolute atomic E-state index is 0.171. The Morgan fingerprint density at radius 1 is 1.28 bits per heavy atom. The maximum Gasteiger partial charge on any atom is 0.329 e. The van der Waals surface area contributed by atoms with E-state index in [1.165, 1.54) is 0 Å². The molecule has 5 nitrogen and oxygen atoms in total. The topological polar surface area (TPSA) is 78.4 Å². The predicted molar refractivity (Wildman–Crippen MR) is 69.4 cm³/mol. The number of carboxylic acids is 1. The van der Waals surface area contributed by atoms with Crippen LogP contribution in [0.15, 0.2) is 0 Å². The van der Waals surface area contributed by atoms with Gasteiger partial charge >= 0.3 is 12.0 Å². The van der Waals surface area contributed by atoms with Gasteiger partial charge < -0.3 is 15.7 Å². The van der Waals surface area contributed by atoms with Crippen molar-refractivity contribution in [2.24, 2.45) is 5.92 Å². The van der Waals surface area contributed by atoms with E-state index in [2.05, 4.69) is 17.6 Å². The molecule has 0 heterocycles. The van der Waals surface area contributed by atoms with Crippen LogP contribution < -0.4 is 10.6 Å². The third kappa shape index (κ3) is 3.15. The fraction of sp³-hybridized carbons (Fsp3) is 0.846. The second-order valence-corrected chi connectivity index (χ2v) is 5.21. The van der Waals surface area contributed by atoms with Crippen molar-refractivity contribution in [2.75, 3.05) is 0 Å². The molecule has 0 saturated heterocycles. The normalized spacial score (nSPS) is 23.7. The number of hydrogen-bond acceptors (Lipinski definition) is 2. The van der Waals surface area contributed by atoms with Crippen LogP contribution in [0.4, 0.5) is 4.79 Å². The molecular weight excluding hydrogens is 232 g/mol. The monoisotopic (exact) mass is 256 g/mol. The van der Waals surface area contributed by atoms with Gasteiger partial charge in [-0.05, 0) is 31.6 Å². The molecule has 5 heteroatoms. The third-order valence-electron chi connectivity index (χ3n) is 4.15. The van der Waals surface area contributed by atoms with Gasteiger partial charge in [-0.2, -0.15) is 0 Å². The Balaban J connectivity index is 2.59. The van der Waals surface area contributed by atoms with E-state index in [0.717, 1.165) is 19.3 Å². The van der Waals surface area contributed by atoms with Crippen LogP contribution >= 0.6 is 0 Å². The van der Waals surface area contributed by atoms with Gasteiger partial charge in [0, 0.05) is 6.04 Å². The maximum atomic E-state index is 11.9. The van der Waals surface area contributed by atoms with Gasteiger partial charge in [-0.3, -0.25) is 0 Å². The lowest BCUT2D eigenvalue weighted by Gasteiger charge is -2.29. The molecular formula is C13H24N2O3. The van der Waals surface area contributed by atoms with Crippen molar-refractivity contribution in [3.05, 3.63) is 0 Å². The van der Waals surface area contributed by atoms with Crippen LogP contribution in [0.5, 0.6) is 0 Å². The number of carbonyl (C=O) groups excluding carboxylic acids is 1. The van der Waals surface area contributed by atoms with E-state index in [9.17, 15) is 14.7 Å². The first-order valence-electron chi connectivity index (χ1n) is 6.77. The van der Waals surface area contributed by atoms with Crippen molar-refractivity contribution < 1.29 is 14.7 Å². The average molecular weight is 256 g/mol. The summed E-state index contributed by atoms with van der Waals surface area (Å²) in [6.07, 6.45) is 3.99. The van der Waals surface area contributed by atoms with Crippen molar-refractivity contribution in [3.8, 4) is 0 Å². The van der Waals surface area contributed by atoms with E-state index < -0.39 is 11.5 Å². The molecule has 2 amide bonds. The summed E-state index contributed by atoms with van der Waals surface area (Å²) >= 11 is 0. The fourth-order valence-corrected chi connectivity index (χ4v) is 2.56. The summed E-state index contributed by atoms with van der Waals surface area (Å²) in [5.41, 5.74) is -1.15. The second-order valence-electron chi connectivity index (χ2n) is 5.21. The Morgan fingerprint density at radius 2 is 1.89 bits per heavy atom. The molecule has 0 radical (unpaired) electrons. The molecule has 0 bridgehead atoms. The number of aliphatic carboxylic acids is 1. The van der Waals surface area contributed by atoms with Crippen LogP contribution in [0.2, 0.25) is 0 Å². The van der Waals surface area contributed by atoms with Crippen molar-refractivity contribution >= 4 is 12.0 Å². The number of nitrogens with one attached hydrogen (secondary N) is 2. The number of carbonyl (C=O) groups is 2. The van der Waals surface area contributed by atoms with Gasteiger partial charge in [0.25, 0.3) is 0 Å². The minimum atomic E-state index is -1.15. The van der Waals surface area contributed by atoms with Crippen LogP contribution in [0.25, 0.3) is 0 Å². The smallest absolute Gasteiger partial charge is 0.329 e. The van der Waals surface area contributed by atoms with E-state index in [4.69, 9.17) is 0 Å². The van der Waals surface area contributed by atoms with Crippen LogP contribution in [-0.4, -0.2) is 28.7 Å². The molecule has 1 aliphatic carbocycles. The van der Waals surface area contributed by atoms with E-state index in [1.54, 1.807) is 13.8 Å². The van der Waals surface area contributed by atoms with Crippen molar-refractivity contribution in [1.29, 1.82) is 0 Å². The van der Waals surface area contributed by atoms with Crippen LogP contribution in [0.3, 0.4) is 0 Å². The molecule has 0 aromatic heterocycles. The molecule has 0 aliphatic heterocycles. The van der Waals surface area contributed by atoms with E-state index >= 15 is 0 Å². The Kier molecular flexibility index (Phi) is 4.99. The Hall–Kier alpha value is -1.26. The molecule has 1 aliphatic rings. The maximum absolute atomic E-state index is 11.9. The zero-order valence-electron chi connectivity index (χ0n) is 11.5. The highest BCUT2D eigenvalue weighted by molar-refractivity contribution is 5.86. The zero-order chi connectivity index (χ0) is 13.8. The van der Waals surface area contributed by atoms with Gasteiger partial charge in [0.1, 0.15) is 5.54 Å². The molecule has 1 rings (SSSR count). The summed E-state index contributed by atoms with van der Waals surface area (Å²) in [4.78, 5) is 23.2. The van der Waals surface area contributed by atoms with E-state index in [-0.39, 0.29) is 12.1 Å². The van der Waals surface area contributed by atoms with E-state index in [0.29, 0.717) is 18.8 Å². The number of hydrogen-bond donors (Lipinski definition) is 3. The first-order chi connectivity index (χ1) is 8.45. The number of carboxylic acid groups (broad SMARTS) is 1. The summed E-state index contributed by atoms with van der Waals surface area (Å²) < 4.78 is 0. The van der Waals surface area contributed by atoms with Crippen LogP contribution in [-0.2, 0) is 4.79 Å². The molecule has 2 atom stereocenters. The average Bonchev–Trinajstić information content (AvgIpc) is 2.71. The molecule has 1 fully saturated rings. The molecule has 0 spiro atoms. The SMILES string of the molecule is CCC(CC)(NC(=O)NC1CCCC1C)C(=O)O. The molecule has 1 saturated carbocycles. The molecule has 104 valence electrons. The fourth-order valence-electron chi connectivity index (χ4n) is 2.56. The van der Waals surface area contributed by atoms with Gasteiger partial charge in [0.2, 0.25) is 0 Å². The summed E-state index contributed by atoms with van der Waals surface area (Å²) in [6, 6.07) is -0.190. The predicted octanol–water partition coefficient (Wildman–Crippen LogP) is 2.12. The third-order valence-corrected chi connectivity index (χ3v) is 4.15. The lowest BCUT2D eigenvalue weighted by molar-refractivity contribution is -0.144. The molecule has 2 unspecified atom stereocenters. The zero-order valence-corrected chi connectivity index (χ0v) is 11.5. The Bertz CT molecular complexity index is 313. The van der Waals surface area contributed by atoms with Crippen LogP contribution in [0.1, 0.15) is 52.9 Å². The first kappa shape index (κ1) is 14.8. The molecule has 3 N–H and O–H groups in total. The standard InChI is InChI=1S/C13H24N2O3/c1-4-13(5-2,11(16)17)15-12(18)14-10-8-6-7-9(10)3/h9-10H,4-8H2,1-3H3,(H,16,17)(H2,14,15,18). The lowest BCUT2D eigenvalue weighted by Crippen LogP contribution is -2.58. The number of urea groups is 1. The lowest BCUT2D eigenvalue weighted by atomic mass is 9.93. The van der Waals surface area contributed by atoms with E-state index in [1.807, 2.05) is 0 Å². The first-order valence-corrected chi connectivity index (χ1v) is 6.77. The highest BCUT2D eigenvalue weighted by atomic mass is 16.4. The Labute approximate surface area is 108 Å². The summed E-state index contributed by atoms with van der Waals surface area (Å²) in [7, 11) is 0. The number of amides is 2. The molecule has 18 heavy (non-hydrogen) atoms. The van der Waals surface area contributed by atoms with Gasteiger partial charge in [0.15, 0.2) is 0 Å². The summed E-state index contributed by atoms with van der Waals surface area (Å²) in [6.45, 7) is 5.66. The molecule has 0 aromatic carbocycles. The largest absolute Gasteiger partial charge is 0.480 e. The number of rotatable bonds is 5. The van der Waals surface area contributed by atoms with Gasteiger partial charge in [0.05, 0.1) is 0 Å². The van der Waals surface area contributed by atoms with Crippen molar-refractivity contribution in [2.45, 2.75) is 64.5 Å². The minimum Gasteiger partial charge on any atom is -0.480 e. The second kappa shape index (κ2) is 6.07. The highest BCUT2D eigenvalue weighted by Gasteiger charge is 2.37. The quantitative estimate of drug-likeness (QED) is 0.705.